The Labute approximate surface area is 40.8 Å². The first kappa shape index (κ1) is 3.93. The molecule has 1 aliphatic rings. The molecule has 3 heteroatoms. The van der Waals surface area contributed by atoms with Crippen molar-refractivity contribution in [3.05, 3.63) is 0 Å². The lowest BCUT2D eigenvalue weighted by Gasteiger charge is -1.83. The van der Waals surface area contributed by atoms with Crippen molar-refractivity contribution in [2.24, 2.45) is 4.99 Å². The van der Waals surface area contributed by atoms with Crippen molar-refractivity contribution < 1.29 is 4.74 Å². The molecule has 0 unspecified atom stereocenters. The SMILES string of the molecule is ClC1=NCCO1. The van der Waals surface area contributed by atoms with Gasteiger partial charge in [-0.1, -0.05) is 0 Å². The van der Waals surface area contributed by atoms with Gasteiger partial charge in [0.15, 0.2) is 0 Å². The summed E-state index contributed by atoms with van der Waals surface area (Å²) in [4.78, 5) is 3.70. The van der Waals surface area contributed by atoms with Gasteiger partial charge in [-0.05, 0) is 11.6 Å². The first-order valence-corrected chi connectivity index (χ1v) is 2.10. The third-order valence-corrected chi connectivity index (χ3v) is 0.777. The van der Waals surface area contributed by atoms with Gasteiger partial charge in [-0.3, -0.25) is 0 Å². The normalized spacial score (nSPS) is 19.8. The van der Waals surface area contributed by atoms with E-state index in [1.54, 1.807) is 0 Å². The smallest absolute Gasteiger partial charge is 0.282 e. The maximum absolute atomic E-state index is 5.24. The van der Waals surface area contributed by atoms with E-state index in [1.165, 1.54) is 0 Å². The second-order valence-corrected chi connectivity index (χ2v) is 1.31. The number of nitrogens with zero attached hydrogens (tertiary/aromatic N) is 1. The van der Waals surface area contributed by atoms with Gasteiger partial charge in [0.1, 0.15) is 6.61 Å². The Hall–Kier alpha value is -0.240. The van der Waals surface area contributed by atoms with Crippen LogP contribution in [0.15, 0.2) is 4.99 Å². The summed E-state index contributed by atoms with van der Waals surface area (Å²) < 4.78 is 4.67. The fourth-order valence-corrected chi connectivity index (χ4v) is 0.471. The van der Waals surface area contributed by atoms with Gasteiger partial charge in [0, 0.05) is 0 Å². The number of halogens is 1. The van der Waals surface area contributed by atoms with Crippen LogP contribution >= 0.6 is 11.6 Å². The summed E-state index contributed by atoms with van der Waals surface area (Å²) in [6.45, 7) is 1.37. The molecule has 2 nitrogen and oxygen atoms in total. The molecule has 1 heterocycles. The first-order valence-electron chi connectivity index (χ1n) is 1.72. The number of ether oxygens (including phenoxy) is 1. The highest BCUT2D eigenvalue weighted by molar-refractivity contribution is 6.63. The van der Waals surface area contributed by atoms with E-state index in [4.69, 9.17) is 11.6 Å². The van der Waals surface area contributed by atoms with Crippen LogP contribution in [0.2, 0.25) is 0 Å². The molecule has 0 spiro atoms. The molecule has 0 radical (unpaired) electrons. The van der Waals surface area contributed by atoms with E-state index in [0.29, 0.717) is 12.0 Å². The van der Waals surface area contributed by atoms with Crippen LogP contribution in [0, 0.1) is 0 Å². The van der Waals surface area contributed by atoms with Crippen LogP contribution in [-0.2, 0) is 4.74 Å². The Morgan fingerprint density at radius 2 is 2.67 bits per heavy atom. The van der Waals surface area contributed by atoms with Gasteiger partial charge < -0.3 is 4.74 Å². The summed E-state index contributed by atoms with van der Waals surface area (Å²) in [5, 5.41) is 0.301. The van der Waals surface area contributed by atoms with Crippen LogP contribution in [0.3, 0.4) is 0 Å². The maximum Gasteiger partial charge on any atom is 0.282 e. The molecule has 34 valence electrons. The number of hydrogen-bond acceptors (Lipinski definition) is 2. The molecular weight excluding hydrogens is 101 g/mol. The van der Waals surface area contributed by atoms with Crippen molar-refractivity contribution in [1.82, 2.24) is 0 Å². The van der Waals surface area contributed by atoms with E-state index in [2.05, 4.69) is 9.73 Å². The van der Waals surface area contributed by atoms with Gasteiger partial charge in [-0.25, -0.2) is 4.99 Å². The quantitative estimate of drug-likeness (QED) is 0.442. The van der Waals surface area contributed by atoms with Gasteiger partial charge in [0.2, 0.25) is 0 Å². The molecule has 0 fully saturated rings. The fraction of sp³-hybridized carbons (Fsp3) is 0.667. The minimum absolute atomic E-state index is 0.301. The Kier molecular flexibility index (Phi) is 0.965. The average molecular weight is 106 g/mol. The minimum atomic E-state index is 0.301. The predicted octanol–water partition coefficient (Wildman–Crippen LogP) is 0.611. The summed E-state index contributed by atoms with van der Waals surface area (Å²) in [7, 11) is 0. The van der Waals surface area contributed by atoms with Crippen LogP contribution in [0.5, 0.6) is 0 Å². The molecule has 1 rings (SSSR count). The highest BCUT2D eigenvalue weighted by Gasteiger charge is 1.99. The number of aliphatic imine (C=N–C) groups is 1. The number of hydrogen-bond donors (Lipinski definition) is 0. The van der Waals surface area contributed by atoms with Crippen molar-refractivity contribution in [1.29, 1.82) is 0 Å². The molecular formula is C3H4ClNO. The fourth-order valence-electron chi connectivity index (χ4n) is 0.309. The van der Waals surface area contributed by atoms with Gasteiger partial charge in [-0.2, -0.15) is 0 Å². The molecule has 0 aromatic heterocycles. The molecule has 0 saturated heterocycles. The summed E-state index contributed by atoms with van der Waals surface area (Å²) in [6.07, 6.45) is 0. The van der Waals surface area contributed by atoms with Gasteiger partial charge >= 0.3 is 0 Å². The highest BCUT2D eigenvalue weighted by atomic mass is 35.5. The van der Waals surface area contributed by atoms with E-state index >= 15 is 0 Å². The van der Waals surface area contributed by atoms with Crippen LogP contribution in [0.25, 0.3) is 0 Å². The molecule has 0 atom stereocenters. The minimum Gasteiger partial charge on any atom is -0.467 e. The van der Waals surface area contributed by atoms with Crippen LogP contribution < -0.4 is 0 Å². The Morgan fingerprint density at radius 1 is 1.83 bits per heavy atom. The molecule has 0 bridgehead atoms. The summed E-state index contributed by atoms with van der Waals surface area (Å²) in [6, 6.07) is 0. The zero-order valence-corrected chi connectivity index (χ0v) is 3.90. The lowest BCUT2D eigenvalue weighted by molar-refractivity contribution is 0.355. The third kappa shape index (κ3) is 0.627. The molecule has 0 aliphatic carbocycles. The van der Waals surface area contributed by atoms with Crippen LogP contribution in [0.4, 0.5) is 0 Å². The standard InChI is InChI=1S/C3H4ClNO/c4-3-5-1-2-6-3/h1-2H2. The molecule has 0 N–H and O–H groups in total. The zero-order valence-electron chi connectivity index (χ0n) is 3.15. The van der Waals surface area contributed by atoms with Crippen LogP contribution in [-0.4, -0.2) is 18.5 Å². The highest BCUT2D eigenvalue weighted by Crippen LogP contribution is 1.95. The Balaban J connectivity index is 2.45. The van der Waals surface area contributed by atoms with Gasteiger partial charge in [0.05, 0.1) is 6.54 Å². The van der Waals surface area contributed by atoms with Gasteiger partial charge in [-0.15, -0.1) is 0 Å². The molecule has 0 aromatic rings. The lowest BCUT2D eigenvalue weighted by Crippen LogP contribution is -1.86. The van der Waals surface area contributed by atoms with E-state index < -0.39 is 0 Å². The van der Waals surface area contributed by atoms with Crippen LogP contribution in [0.1, 0.15) is 0 Å². The largest absolute Gasteiger partial charge is 0.467 e. The second-order valence-electron chi connectivity index (χ2n) is 0.983. The lowest BCUT2D eigenvalue weighted by atomic mass is 10.8. The third-order valence-electron chi connectivity index (χ3n) is 0.549. The summed E-state index contributed by atoms with van der Waals surface area (Å²) in [5.74, 6) is 0. The molecule has 6 heavy (non-hydrogen) atoms. The topological polar surface area (TPSA) is 21.6 Å². The average Bonchev–Trinajstić information content (AvgIpc) is 1.86. The van der Waals surface area contributed by atoms with Gasteiger partial charge in [0.25, 0.3) is 5.36 Å². The molecule has 0 saturated carbocycles. The Morgan fingerprint density at radius 3 is 2.83 bits per heavy atom. The summed E-state index contributed by atoms with van der Waals surface area (Å²) in [5.41, 5.74) is 0. The summed E-state index contributed by atoms with van der Waals surface area (Å²) >= 11 is 5.24. The van der Waals surface area contributed by atoms with Crippen molar-refractivity contribution in [2.45, 2.75) is 0 Å². The zero-order chi connectivity index (χ0) is 4.41. The van der Waals surface area contributed by atoms with Crippen molar-refractivity contribution >= 4 is 17.0 Å². The van der Waals surface area contributed by atoms with E-state index in [0.717, 1.165) is 6.54 Å². The first-order chi connectivity index (χ1) is 2.89. The van der Waals surface area contributed by atoms with Crippen molar-refractivity contribution in [3.63, 3.8) is 0 Å². The monoisotopic (exact) mass is 105 g/mol. The molecule has 0 aromatic carbocycles. The number of rotatable bonds is 0. The maximum atomic E-state index is 5.24. The van der Waals surface area contributed by atoms with E-state index in [-0.39, 0.29) is 0 Å². The van der Waals surface area contributed by atoms with E-state index in [9.17, 15) is 0 Å². The predicted molar refractivity (Wildman–Crippen MR) is 24.1 cm³/mol. The molecule has 0 amide bonds. The Bertz CT molecular complexity index is 80.9. The van der Waals surface area contributed by atoms with E-state index in [1.807, 2.05) is 0 Å². The molecule has 1 aliphatic heterocycles. The second kappa shape index (κ2) is 1.47. The van der Waals surface area contributed by atoms with Crippen molar-refractivity contribution in [2.75, 3.05) is 13.2 Å². The van der Waals surface area contributed by atoms with Crippen molar-refractivity contribution in [3.8, 4) is 0 Å².